The topological polar surface area (TPSA) is 84.3 Å². The summed E-state index contributed by atoms with van der Waals surface area (Å²) in [4.78, 5) is 29.1. The van der Waals surface area contributed by atoms with Crippen LogP contribution in [0.3, 0.4) is 0 Å². The van der Waals surface area contributed by atoms with Crippen LogP contribution in [0.2, 0.25) is 0 Å². The van der Waals surface area contributed by atoms with Crippen LogP contribution in [0.4, 0.5) is 0 Å². The molecule has 2 saturated heterocycles. The number of β-amino-alcohol motifs (C(OH)–C–C–N with tert-alkyl or cyclic N) is 1. The van der Waals surface area contributed by atoms with Gasteiger partial charge in [-0.3, -0.25) is 19.4 Å². The Hall–Kier alpha value is -1.18. The molecule has 2 fully saturated rings. The van der Waals surface area contributed by atoms with Crippen molar-refractivity contribution in [3.63, 3.8) is 0 Å². The van der Waals surface area contributed by atoms with Gasteiger partial charge in [-0.25, -0.2) is 0 Å². The molecule has 132 valence electrons. The van der Waals surface area contributed by atoms with Gasteiger partial charge >= 0.3 is 5.97 Å². The first-order valence-electron chi connectivity index (χ1n) is 8.53. The molecular weight excluding hydrogens is 298 g/mol. The number of likely N-dealkylation sites (tertiary alicyclic amines) is 2. The summed E-state index contributed by atoms with van der Waals surface area (Å²) in [5, 5.41) is 19.1. The second-order valence-electron chi connectivity index (χ2n) is 6.81. The largest absolute Gasteiger partial charge is 0.480 e. The van der Waals surface area contributed by atoms with Gasteiger partial charge in [0.05, 0.1) is 24.7 Å². The molecule has 0 aromatic heterocycles. The molecule has 23 heavy (non-hydrogen) atoms. The van der Waals surface area contributed by atoms with Crippen molar-refractivity contribution >= 4 is 11.9 Å². The molecule has 7 heteroatoms. The van der Waals surface area contributed by atoms with Gasteiger partial charge in [0.25, 0.3) is 0 Å². The highest BCUT2D eigenvalue weighted by Gasteiger charge is 2.39. The Morgan fingerprint density at radius 2 is 1.78 bits per heavy atom. The molecule has 0 radical (unpaired) electrons. The fraction of sp³-hybridized carbons (Fsp3) is 0.875. The number of aliphatic carboxylic acids is 1. The molecule has 0 aromatic rings. The standard InChI is InChI=1S/C16H29N3O4/c1-12(18-7-5-3-4-6-8-18)16(23)19-9-13(14(20)10-19)17(2)11-15(21)22/h12-14,20H,3-11H2,1-2H3,(H,21,22)/t12-,13-,14+/m0/s1. The normalized spacial score (nSPS) is 27.9. The van der Waals surface area contributed by atoms with Crippen LogP contribution in [0.15, 0.2) is 0 Å². The molecule has 0 bridgehead atoms. The number of nitrogens with zero attached hydrogens (tertiary/aromatic N) is 3. The van der Waals surface area contributed by atoms with Crippen LogP contribution in [-0.2, 0) is 9.59 Å². The zero-order valence-electron chi connectivity index (χ0n) is 14.1. The summed E-state index contributed by atoms with van der Waals surface area (Å²) in [7, 11) is 1.67. The van der Waals surface area contributed by atoms with Crippen molar-refractivity contribution in [3.05, 3.63) is 0 Å². The Labute approximate surface area is 137 Å². The number of carbonyl (C=O) groups is 2. The van der Waals surface area contributed by atoms with Crippen molar-refractivity contribution in [1.82, 2.24) is 14.7 Å². The number of aliphatic hydroxyl groups excluding tert-OH is 1. The number of likely N-dealkylation sites (N-methyl/N-ethyl adjacent to an activating group) is 1. The van der Waals surface area contributed by atoms with E-state index >= 15 is 0 Å². The summed E-state index contributed by atoms with van der Waals surface area (Å²) in [6.07, 6.45) is 4.01. The Balaban J connectivity index is 1.93. The molecule has 2 N–H and O–H groups in total. The minimum Gasteiger partial charge on any atom is -0.480 e. The van der Waals surface area contributed by atoms with Crippen LogP contribution in [-0.4, -0.2) is 94.7 Å². The molecule has 0 spiro atoms. The highest BCUT2D eigenvalue weighted by molar-refractivity contribution is 5.82. The maximum absolute atomic E-state index is 12.7. The van der Waals surface area contributed by atoms with Crippen LogP contribution in [0.5, 0.6) is 0 Å². The van der Waals surface area contributed by atoms with E-state index in [1.54, 1.807) is 16.8 Å². The first-order chi connectivity index (χ1) is 10.9. The monoisotopic (exact) mass is 327 g/mol. The van der Waals surface area contributed by atoms with Crippen LogP contribution < -0.4 is 0 Å². The first kappa shape index (κ1) is 18.2. The summed E-state index contributed by atoms with van der Waals surface area (Å²) in [6.45, 7) is 4.38. The number of carbonyl (C=O) groups excluding carboxylic acids is 1. The van der Waals surface area contributed by atoms with E-state index in [0.29, 0.717) is 6.54 Å². The van der Waals surface area contributed by atoms with Crippen molar-refractivity contribution < 1.29 is 19.8 Å². The van der Waals surface area contributed by atoms with E-state index in [2.05, 4.69) is 4.90 Å². The molecule has 1 amide bonds. The molecule has 0 unspecified atom stereocenters. The number of hydrogen-bond donors (Lipinski definition) is 2. The van der Waals surface area contributed by atoms with Gasteiger partial charge in [0.15, 0.2) is 0 Å². The zero-order chi connectivity index (χ0) is 17.0. The predicted molar refractivity (Wildman–Crippen MR) is 86.1 cm³/mol. The van der Waals surface area contributed by atoms with E-state index in [0.717, 1.165) is 25.9 Å². The van der Waals surface area contributed by atoms with Crippen molar-refractivity contribution in [2.45, 2.75) is 50.8 Å². The smallest absolute Gasteiger partial charge is 0.317 e. The Morgan fingerprint density at radius 1 is 1.17 bits per heavy atom. The highest BCUT2D eigenvalue weighted by atomic mass is 16.4. The summed E-state index contributed by atoms with van der Waals surface area (Å²) >= 11 is 0. The Morgan fingerprint density at radius 3 is 2.35 bits per heavy atom. The molecule has 3 atom stereocenters. The summed E-state index contributed by atoms with van der Waals surface area (Å²) < 4.78 is 0. The summed E-state index contributed by atoms with van der Waals surface area (Å²) in [5.74, 6) is -0.889. The predicted octanol–water partition coefficient (Wildman–Crippen LogP) is -0.161. The number of carboxylic acids is 1. The highest BCUT2D eigenvalue weighted by Crippen LogP contribution is 2.19. The fourth-order valence-corrected chi connectivity index (χ4v) is 3.62. The van der Waals surface area contributed by atoms with E-state index in [9.17, 15) is 14.7 Å². The maximum Gasteiger partial charge on any atom is 0.317 e. The summed E-state index contributed by atoms with van der Waals surface area (Å²) in [5.41, 5.74) is 0. The number of aliphatic hydroxyl groups is 1. The van der Waals surface area contributed by atoms with Gasteiger partial charge in [-0.2, -0.15) is 0 Å². The molecule has 0 saturated carbocycles. The van der Waals surface area contributed by atoms with Crippen LogP contribution in [0.1, 0.15) is 32.6 Å². The van der Waals surface area contributed by atoms with Crippen LogP contribution in [0, 0.1) is 0 Å². The molecule has 0 aromatic carbocycles. The SMILES string of the molecule is C[C@@H](C(=O)N1C[C@@H](O)[C@@H](N(C)CC(=O)O)C1)N1CCCCCC1. The molecular formula is C16H29N3O4. The van der Waals surface area contributed by atoms with Gasteiger partial charge in [-0.1, -0.05) is 12.8 Å². The number of hydrogen-bond acceptors (Lipinski definition) is 5. The van der Waals surface area contributed by atoms with E-state index in [1.165, 1.54) is 12.8 Å². The average molecular weight is 327 g/mol. The van der Waals surface area contributed by atoms with Crippen molar-refractivity contribution in [1.29, 1.82) is 0 Å². The minimum atomic E-state index is -0.928. The van der Waals surface area contributed by atoms with E-state index in [1.807, 2.05) is 6.92 Å². The molecule has 2 heterocycles. The first-order valence-corrected chi connectivity index (χ1v) is 8.53. The third kappa shape index (κ3) is 4.65. The lowest BCUT2D eigenvalue weighted by Crippen LogP contribution is -2.48. The number of rotatable bonds is 5. The minimum absolute atomic E-state index is 0.0391. The van der Waals surface area contributed by atoms with Gasteiger partial charge in [0, 0.05) is 13.1 Å². The van der Waals surface area contributed by atoms with Crippen molar-refractivity contribution in [2.24, 2.45) is 0 Å². The average Bonchev–Trinajstić information content (AvgIpc) is 2.72. The molecule has 2 aliphatic rings. The van der Waals surface area contributed by atoms with Crippen LogP contribution >= 0.6 is 0 Å². The van der Waals surface area contributed by atoms with Crippen molar-refractivity contribution in [3.8, 4) is 0 Å². The van der Waals surface area contributed by atoms with Gasteiger partial charge in [-0.15, -0.1) is 0 Å². The Kier molecular flexibility index (Phi) is 6.38. The molecule has 7 nitrogen and oxygen atoms in total. The lowest BCUT2D eigenvalue weighted by Gasteiger charge is -2.30. The van der Waals surface area contributed by atoms with E-state index in [4.69, 9.17) is 5.11 Å². The van der Waals surface area contributed by atoms with Gasteiger partial charge in [0.2, 0.25) is 5.91 Å². The van der Waals surface area contributed by atoms with Gasteiger partial charge < -0.3 is 15.1 Å². The molecule has 0 aliphatic carbocycles. The van der Waals surface area contributed by atoms with Gasteiger partial charge in [0.1, 0.15) is 0 Å². The van der Waals surface area contributed by atoms with Gasteiger partial charge in [-0.05, 0) is 39.9 Å². The fourth-order valence-electron chi connectivity index (χ4n) is 3.62. The third-order valence-electron chi connectivity index (χ3n) is 5.07. The maximum atomic E-state index is 12.7. The molecule has 2 aliphatic heterocycles. The quantitative estimate of drug-likeness (QED) is 0.730. The van der Waals surface area contributed by atoms with Crippen molar-refractivity contribution in [2.75, 3.05) is 39.8 Å². The van der Waals surface area contributed by atoms with E-state index in [-0.39, 0.29) is 31.1 Å². The zero-order valence-corrected chi connectivity index (χ0v) is 14.1. The number of amides is 1. The second-order valence-corrected chi connectivity index (χ2v) is 6.81. The van der Waals surface area contributed by atoms with E-state index < -0.39 is 12.1 Å². The molecule has 2 rings (SSSR count). The number of carboxylic acid groups (broad SMARTS) is 1. The lowest BCUT2D eigenvalue weighted by molar-refractivity contribution is -0.138. The Bertz CT molecular complexity index is 424. The second kappa shape index (κ2) is 8.08. The third-order valence-corrected chi connectivity index (χ3v) is 5.07. The lowest BCUT2D eigenvalue weighted by atomic mass is 10.2. The van der Waals surface area contributed by atoms with Crippen LogP contribution in [0.25, 0.3) is 0 Å². The summed E-state index contributed by atoms with van der Waals surface area (Å²) in [6, 6.07) is -0.491.